The largest absolute Gasteiger partial charge is 0.505 e. The predicted octanol–water partition coefficient (Wildman–Crippen LogP) is 2.73. The molecule has 0 aliphatic rings. The van der Waals surface area contributed by atoms with Gasteiger partial charge in [0.05, 0.1) is 4.92 Å². The van der Waals surface area contributed by atoms with Gasteiger partial charge in [0.2, 0.25) is 0 Å². The van der Waals surface area contributed by atoms with Crippen LogP contribution in [0.5, 0.6) is 5.75 Å². The molecule has 0 unspecified atom stereocenters. The summed E-state index contributed by atoms with van der Waals surface area (Å²) in [5, 5.41) is 20.6. The number of phenols is 1. The third kappa shape index (κ3) is 3.14. The average molecular weight is 328 g/mol. The van der Waals surface area contributed by atoms with Gasteiger partial charge in [-0.3, -0.25) is 14.8 Å². The van der Waals surface area contributed by atoms with E-state index in [9.17, 15) is 23.6 Å². The van der Waals surface area contributed by atoms with Gasteiger partial charge in [0.15, 0.2) is 5.69 Å². The molecule has 0 spiro atoms. The number of nitrogens with zero attached hydrogens (tertiary/aromatic N) is 1. The minimum Gasteiger partial charge on any atom is -0.505 e. The van der Waals surface area contributed by atoms with Crippen molar-refractivity contribution < 1.29 is 18.4 Å². The van der Waals surface area contributed by atoms with Gasteiger partial charge >= 0.3 is 0 Å². The number of aryl methyl sites for hydroxylation is 1. The van der Waals surface area contributed by atoms with Gasteiger partial charge in [-0.25, -0.2) is 8.42 Å². The Morgan fingerprint density at radius 3 is 2.62 bits per heavy atom. The normalized spacial score (nSPS) is 11.3. The van der Waals surface area contributed by atoms with Gasteiger partial charge in [-0.15, -0.1) is 11.3 Å². The second-order valence-electron chi connectivity index (χ2n) is 4.11. The van der Waals surface area contributed by atoms with Crippen LogP contribution in [0.25, 0.3) is 0 Å². The quantitative estimate of drug-likeness (QED) is 0.498. The van der Waals surface area contributed by atoms with Crippen molar-refractivity contribution in [1.29, 1.82) is 0 Å². The molecule has 9 heteroatoms. The number of nitrogens with one attached hydrogen (secondary N) is 1. The smallest absolute Gasteiger partial charge is 0.297 e. The Morgan fingerprint density at radius 2 is 2.05 bits per heavy atom. The van der Waals surface area contributed by atoms with E-state index in [4.69, 9.17) is 0 Å². The van der Waals surface area contributed by atoms with E-state index in [1.54, 1.807) is 6.07 Å². The first-order valence-corrected chi connectivity index (χ1v) is 8.23. The van der Waals surface area contributed by atoms with Crippen LogP contribution in [0, 0.1) is 10.1 Å². The molecule has 0 amide bonds. The second-order valence-corrected chi connectivity index (χ2v) is 7.19. The number of hydrogen-bond acceptors (Lipinski definition) is 6. The Hall–Kier alpha value is -2.13. The molecule has 1 aromatic heterocycles. The van der Waals surface area contributed by atoms with Gasteiger partial charge in [-0.2, -0.15) is 0 Å². The van der Waals surface area contributed by atoms with E-state index in [1.807, 2.05) is 6.92 Å². The first-order valence-electron chi connectivity index (χ1n) is 5.93. The molecule has 0 aliphatic heterocycles. The van der Waals surface area contributed by atoms with Crippen molar-refractivity contribution in [2.24, 2.45) is 0 Å². The Labute approximate surface area is 125 Å². The van der Waals surface area contributed by atoms with E-state index < -0.39 is 32.1 Å². The van der Waals surface area contributed by atoms with E-state index in [1.165, 1.54) is 18.2 Å². The molecular weight excluding hydrogens is 316 g/mol. The number of nitro benzene ring substituents is 1. The SMILES string of the molecule is CCc1ccc(S(=O)(=O)Nc2c(O)cccc2[N+](=O)[O-])s1. The molecule has 0 saturated carbocycles. The number of sulfonamides is 1. The number of hydrogen-bond donors (Lipinski definition) is 2. The van der Waals surface area contributed by atoms with Crippen LogP contribution >= 0.6 is 11.3 Å². The van der Waals surface area contributed by atoms with Crippen molar-refractivity contribution in [3.63, 3.8) is 0 Å². The van der Waals surface area contributed by atoms with Crippen LogP contribution in [0.1, 0.15) is 11.8 Å². The highest BCUT2D eigenvalue weighted by atomic mass is 32.2. The molecule has 2 aromatic rings. The number of para-hydroxylation sites is 1. The van der Waals surface area contributed by atoms with E-state index in [-0.39, 0.29) is 4.21 Å². The van der Waals surface area contributed by atoms with Gasteiger partial charge in [-0.05, 0) is 24.6 Å². The maximum absolute atomic E-state index is 12.2. The lowest BCUT2D eigenvalue weighted by molar-refractivity contribution is -0.383. The van der Waals surface area contributed by atoms with Crippen LogP contribution in [-0.4, -0.2) is 18.4 Å². The molecule has 1 heterocycles. The zero-order chi connectivity index (χ0) is 15.6. The van der Waals surface area contributed by atoms with Crippen molar-refractivity contribution >= 4 is 32.7 Å². The molecule has 2 rings (SSSR count). The topological polar surface area (TPSA) is 110 Å². The molecule has 0 fully saturated rings. The monoisotopic (exact) mass is 328 g/mol. The molecule has 112 valence electrons. The van der Waals surface area contributed by atoms with E-state index in [0.717, 1.165) is 22.3 Å². The highest BCUT2D eigenvalue weighted by molar-refractivity contribution is 7.94. The van der Waals surface area contributed by atoms with Crippen molar-refractivity contribution in [3.05, 3.63) is 45.3 Å². The summed E-state index contributed by atoms with van der Waals surface area (Å²) in [5.74, 6) is -0.500. The Bertz CT molecular complexity index is 783. The van der Waals surface area contributed by atoms with Crippen LogP contribution in [-0.2, 0) is 16.4 Å². The van der Waals surface area contributed by atoms with Crippen molar-refractivity contribution in [3.8, 4) is 5.75 Å². The number of thiophene rings is 1. The summed E-state index contributed by atoms with van der Waals surface area (Å²) < 4.78 is 26.6. The molecule has 21 heavy (non-hydrogen) atoms. The summed E-state index contributed by atoms with van der Waals surface area (Å²) in [6.07, 6.45) is 0.691. The van der Waals surface area contributed by atoms with Crippen LogP contribution < -0.4 is 4.72 Å². The maximum Gasteiger partial charge on any atom is 0.297 e. The second kappa shape index (κ2) is 5.70. The zero-order valence-electron chi connectivity index (χ0n) is 10.9. The van der Waals surface area contributed by atoms with E-state index in [2.05, 4.69) is 4.72 Å². The summed E-state index contributed by atoms with van der Waals surface area (Å²) in [4.78, 5) is 11.0. The standard InChI is InChI=1S/C12H12N2O5S2/c1-2-8-6-7-11(20-8)21(18,19)13-12-9(14(16)17)4-3-5-10(12)15/h3-7,13,15H,2H2,1H3. The molecule has 0 atom stereocenters. The molecule has 0 radical (unpaired) electrons. The zero-order valence-corrected chi connectivity index (χ0v) is 12.6. The molecule has 0 bridgehead atoms. The first-order chi connectivity index (χ1) is 9.85. The number of rotatable bonds is 5. The lowest BCUT2D eigenvalue weighted by Gasteiger charge is -2.08. The van der Waals surface area contributed by atoms with Crippen LogP contribution in [0.2, 0.25) is 0 Å². The molecule has 0 aliphatic carbocycles. The highest BCUT2D eigenvalue weighted by Crippen LogP contribution is 2.35. The van der Waals surface area contributed by atoms with Gasteiger partial charge < -0.3 is 5.11 Å². The van der Waals surface area contributed by atoms with E-state index in [0.29, 0.717) is 6.42 Å². The van der Waals surface area contributed by atoms with Crippen LogP contribution in [0.3, 0.4) is 0 Å². The van der Waals surface area contributed by atoms with Crippen molar-refractivity contribution in [1.82, 2.24) is 0 Å². The summed E-state index contributed by atoms with van der Waals surface area (Å²) in [7, 11) is -3.98. The molecule has 7 nitrogen and oxygen atoms in total. The number of anilines is 1. The molecule has 0 saturated heterocycles. The lowest BCUT2D eigenvalue weighted by atomic mass is 10.2. The number of benzene rings is 1. The first kappa shape index (κ1) is 15.3. The number of nitro groups is 1. The summed E-state index contributed by atoms with van der Waals surface area (Å²) in [5.41, 5.74) is -0.945. The average Bonchev–Trinajstić information content (AvgIpc) is 2.90. The minimum absolute atomic E-state index is 0.0388. The Balaban J connectivity index is 2.44. The minimum atomic E-state index is -3.98. The fourth-order valence-electron chi connectivity index (χ4n) is 1.66. The van der Waals surface area contributed by atoms with Crippen molar-refractivity contribution in [2.45, 2.75) is 17.6 Å². The van der Waals surface area contributed by atoms with Crippen LogP contribution in [0.4, 0.5) is 11.4 Å². The number of aromatic hydroxyl groups is 1. The lowest BCUT2D eigenvalue weighted by Crippen LogP contribution is -2.12. The van der Waals surface area contributed by atoms with Gasteiger partial charge in [0, 0.05) is 10.9 Å². The fourth-order valence-corrected chi connectivity index (χ4v) is 4.05. The highest BCUT2D eigenvalue weighted by Gasteiger charge is 2.24. The van der Waals surface area contributed by atoms with Crippen molar-refractivity contribution in [2.75, 3.05) is 4.72 Å². The molecular formula is C12H12N2O5S2. The Morgan fingerprint density at radius 1 is 1.33 bits per heavy atom. The molecule has 2 N–H and O–H groups in total. The predicted molar refractivity (Wildman–Crippen MR) is 79.3 cm³/mol. The maximum atomic E-state index is 12.2. The summed E-state index contributed by atoms with van der Waals surface area (Å²) >= 11 is 1.08. The summed E-state index contributed by atoms with van der Waals surface area (Å²) in [6, 6.07) is 6.67. The van der Waals surface area contributed by atoms with E-state index >= 15 is 0 Å². The number of phenolic OH excluding ortho intramolecular Hbond substituents is 1. The van der Waals surface area contributed by atoms with Gasteiger partial charge in [0.1, 0.15) is 9.96 Å². The van der Waals surface area contributed by atoms with Gasteiger partial charge in [0.25, 0.3) is 15.7 Å². The Kier molecular flexibility index (Phi) is 4.14. The third-order valence-electron chi connectivity index (χ3n) is 2.70. The van der Waals surface area contributed by atoms with Crippen LogP contribution in [0.15, 0.2) is 34.5 Å². The summed E-state index contributed by atoms with van der Waals surface area (Å²) in [6.45, 7) is 1.89. The van der Waals surface area contributed by atoms with Gasteiger partial charge in [-0.1, -0.05) is 13.0 Å². The fraction of sp³-hybridized carbons (Fsp3) is 0.167. The molecule has 1 aromatic carbocycles. The third-order valence-corrected chi connectivity index (χ3v) is 5.78.